The lowest BCUT2D eigenvalue weighted by molar-refractivity contribution is 0.102. The number of urea groups is 1. The lowest BCUT2D eigenvalue weighted by atomic mass is 9.90. The predicted octanol–water partition coefficient (Wildman–Crippen LogP) is 3.28. The average Bonchev–Trinajstić information content (AvgIpc) is 3.27. The van der Waals surface area contributed by atoms with Gasteiger partial charge in [-0.05, 0) is 56.3 Å². The molecular formula is C24H31FN4O4S2. The van der Waals surface area contributed by atoms with Crippen LogP contribution in [0.25, 0.3) is 0 Å². The number of aryl methyl sites for hydroxylation is 1. The molecular weight excluding hydrogens is 491 g/mol. The number of nitrogens with zero attached hydrogens (tertiary/aromatic N) is 2. The molecule has 8 nitrogen and oxygen atoms in total. The van der Waals surface area contributed by atoms with E-state index >= 15 is 0 Å². The molecule has 1 aromatic heterocycles. The van der Waals surface area contributed by atoms with Gasteiger partial charge in [0.25, 0.3) is 0 Å². The van der Waals surface area contributed by atoms with Crippen LogP contribution in [0.2, 0.25) is 0 Å². The summed E-state index contributed by atoms with van der Waals surface area (Å²) in [5, 5.41) is 5.78. The minimum Gasteiger partial charge on any atom is -0.334 e. The van der Waals surface area contributed by atoms with Gasteiger partial charge in [0.05, 0.1) is 22.1 Å². The number of halogens is 1. The van der Waals surface area contributed by atoms with Gasteiger partial charge in [0.2, 0.25) is 0 Å². The minimum atomic E-state index is -3.26. The van der Waals surface area contributed by atoms with Gasteiger partial charge in [-0.3, -0.25) is 10.1 Å². The van der Waals surface area contributed by atoms with Crippen LogP contribution in [0.15, 0.2) is 24.3 Å². The third kappa shape index (κ3) is 6.86. The summed E-state index contributed by atoms with van der Waals surface area (Å²) >= 11 is 1.10. The van der Waals surface area contributed by atoms with Crippen LogP contribution in [0.3, 0.4) is 0 Å². The van der Waals surface area contributed by atoms with Crippen LogP contribution in [-0.4, -0.2) is 67.3 Å². The van der Waals surface area contributed by atoms with Crippen LogP contribution >= 0.6 is 11.3 Å². The van der Waals surface area contributed by atoms with E-state index in [0.29, 0.717) is 28.2 Å². The van der Waals surface area contributed by atoms with Crippen molar-refractivity contribution >= 4 is 38.1 Å². The Labute approximate surface area is 209 Å². The van der Waals surface area contributed by atoms with Gasteiger partial charge in [0.15, 0.2) is 20.8 Å². The van der Waals surface area contributed by atoms with Crippen LogP contribution in [0.5, 0.6) is 0 Å². The summed E-state index contributed by atoms with van der Waals surface area (Å²) in [4.78, 5) is 31.2. The highest BCUT2D eigenvalue weighted by Crippen LogP contribution is 2.26. The Bertz CT molecular complexity index is 1180. The number of hydrogen-bond acceptors (Lipinski definition) is 7. The Morgan fingerprint density at radius 1 is 1.23 bits per heavy atom. The van der Waals surface area contributed by atoms with E-state index in [4.69, 9.17) is 0 Å². The van der Waals surface area contributed by atoms with Crippen molar-refractivity contribution in [1.82, 2.24) is 15.2 Å². The van der Waals surface area contributed by atoms with E-state index in [1.165, 1.54) is 19.1 Å². The molecule has 0 spiro atoms. The predicted molar refractivity (Wildman–Crippen MR) is 134 cm³/mol. The molecule has 2 amide bonds. The van der Waals surface area contributed by atoms with Gasteiger partial charge in [0.1, 0.15) is 5.82 Å². The molecule has 0 radical (unpaired) electrons. The number of carbonyl (C=O) groups is 2. The summed E-state index contributed by atoms with van der Waals surface area (Å²) in [5.74, 6) is -0.190. The first-order chi connectivity index (χ1) is 16.6. The van der Waals surface area contributed by atoms with Gasteiger partial charge in [0, 0.05) is 32.0 Å². The van der Waals surface area contributed by atoms with E-state index < -0.39 is 21.9 Å². The van der Waals surface area contributed by atoms with Crippen LogP contribution in [-0.2, 0) is 16.3 Å². The molecule has 0 bridgehead atoms. The minimum absolute atomic E-state index is 0.0436. The number of sulfone groups is 1. The molecule has 0 aliphatic carbocycles. The third-order valence-corrected chi connectivity index (χ3v) is 9.63. The molecule has 2 N–H and O–H groups in total. The van der Waals surface area contributed by atoms with Gasteiger partial charge < -0.3 is 10.2 Å². The first-order valence-electron chi connectivity index (χ1n) is 11.8. The Kier molecular flexibility index (Phi) is 7.87. The van der Waals surface area contributed by atoms with Crippen molar-refractivity contribution in [1.29, 1.82) is 0 Å². The van der Waals surface area contributed by atoms with Crippen molar-refractivity contribution in [2.24, 2.45) is 11.8 Å². The van der Waals surface area contributed by atoms with Crippen molar-refractivity contribution in [2.75, 3.05) is 36.5 Å². The highest BCUT2D eigenvalue weighted by atomic mass is 32.2. The third-order valence-electron chi connectivity index (χ3n) is 6.66. The Morgan fingerprint density at radius 2 is 1.97 bits per heavy atom. The number of ketones is 1. The van der Waals surface area contributed by atoms with Crippen molar-refractivity contribution in [3.63, 3.8) is 0 Å². The standard InChI is InChI=1S/C24H31FN4O4S2/c1-15-22(16(2)30)34-24(26-15)28-23(31)27-21-14-35(32,33)13-19(21)12-29-9-3-4-18(11-29)10-17-5-7-20(25)8-6-17/h5-8,18-19,21H,3-4,9-14H2,1-2H3,(H2,26,27,28,31)/t18-,19-,21+/m0/s1. The van der Waals surface area contributed by atoms with Gasteiger partial charge >= 0.3 is 6.03 Å². The highest BCUT2D eigenvalue weighted by molar-refractivity contribution is 7.91. The number of likely N-dealkylation sites (tertiary alicyclic amines) is 1. The van der Waals surface area contributed by atoms with Gasteiger partial charge in [-0.15, -0.1) is 0 Å². The monoisotopic (exact) mass is 522 g/mol. The maximum atomic E-state index is 13.2. The number of aromatic nitrogens is 1. The Morgan fingerprint density at radius 3 is 2.66 bits per heavy atom. The number of piperidine rings is 1. The summed E-state index contributed by atoms with van der Waals surface area (Å²) in [7, 11) is -3.26. The molecule has 1 aromatic carbocycles. The van der Waals surface area contributed by atoms with E-state index in [1.807, 2.05) is 12.1 Å². The Hall–Kier alpha value is -2.37. The zero-order valence-electron chi connectivity index (χ0n) is 19.9. The van der Waals surface area contributed by atoms with Crippen LogP contribution in [0.4, 0.5) is 14.3 Å². The molecule has 2 aliphatic heterocycles. The maximum absolute atomic E-state index is 13.2. The molecule has 3 atom stereocenters. The van der Waals surface area contributed by atoms with Crippen molar-refractivity contribution in [3.8, 4) is 0 Å². The van der Waals surface area contributed by atoms with Crippen LogP contribution in [0, 0.1) is 24.6 Å². The van der Waals surface area contributed by atoms with E-state index in [0.717, 1.165) is 49.3 Å². The Balaban J connectivity index is 1.35. The molecule has 3 heterocycles. The number of anilines is 1. The smallest absolute Gasteiger partial charge is 0.321 e. The van der Waals surface area contributed by atoms with Crippen LogP contribution < -0.4 is 10.6 Å². The zero-order valence-corrected chi connectivity index (χ0v) is 21.6. The van der Waals surface area contributed by atoms with Crippen molar-refractivity contribution < 1.29 is 22.4 Å². The van der Waals surface area contributed by atoms with Gasteiger partial charge in [-0.25, -0.2) is 22.6 Å². The summed E-state index contributed by atoms with van der Waals surface area (Å²) in [6.07, 6.45) is 2.96. The molecule has 190 valence electrons. The van der Waals surface area contributed by atoms with E-state index in [-0.39, 0.29) is 29.0 Å². The van der Waals surface area contributed by atoms with E-state index in [9.17, 15) is 22.4 Å². The number of carbonyl (C=O) groups excluding carboxylic acids is 2. The number of nitrogens with one attached hydrogen (secondary N) is 2. The second-order valence-electron chi connectivity index (χ2n) is 9.63. The molecule has 2 saturated heterocycles. The first kappa shape index (κ1) is 25.7. The quantitative estimate of drug-likeness (QED) is 0.541. The average molecular weight is 523 g/mol. The molecule has 2 fully saturated rings. The van der Waals surface area contributed by atoms with E-state index in [1.54, 1.807) is 6.92 Å². The molecule has 0 saturated carbocycles. The number of benzene rings is 1. The fourth-order valence-electron chi connectivity index (χ4n) is 5.11. The molecule has 11 heteroatoms. The summed E-state index contributed by atoms with van der Waals surface area (Å²) in [5.41, 5.74) is 1.66. The number of thiazole rings is 1. The number of rotatable bonds is 7. The fraction of sp³-hybridized carbons (Fsp3) is 0.542. The lowest BCUT2D eigenvalue weighted by Gasteiger charge is -2.35. The summed E-state index contributed by atoms with van der Waals surface area (Å²) in [6, 6.07) is 5.59. The number of hydrogen-bond donors (Lipinski definition) is 2. The van der Waals surface area contributed by atoms with Crippen LogP contribution in [0.1, 0.15) is 40.7 Å². The largest absolute Gasteiger partial charge is 0.334 e. The maximum Gasteiger partial charge on any atom is 0.321 e. The highest BCUT2D eigenvalue weighted by Gasteiger charge is 2.40. The normalized spacial score (nSPS) is 24.3. The van der Waals surface area contributed by atoms with Gasteiger partial charge in [-0.1, -0.05) is 23.5 Å². The second kappa shape index (κ2) is 10.7. The molecule has 2 aromatic rings. The molecule has 0 unspecified atom stereocenters. The molecule has 35 heavy (non-hydrogen) atoms. The zero-order chi connectivity index (χ0) is 25.2. The fourth-order valence-corrected chi connectivity index (χ4v) is 7.99. The molecule has 2 aliphatic rings. The van der Waals surface area contributed by atoms with E-state index in [2.05, 4.69) is 20.5 Å². The summed E-state index contributed by atoms with van der Waals surface area (Å²) in [6.45, 7) is 5.48. The number of Topliss-reactive ketones (excluding diaryl/α,β-unsaturated/α-hetero) is 1. The first-order valence-corrected chi connectivity index (χ1v) is 14.4. The number of amides is 2. The SMILES string of the molecule is CC(=O)c1sc(NC(=O)N[C@@H]2CS(=O)(=O)C[C@@H]2CN2CCC[C@@H](Cc3ccc(F)cc3)C2)nc1C. The second-order valence-corrected chi connectivity index (χ2v) is 12.8. The van der Waals surface area contributed by atoms with Crippen molar-refractivity contribution in [2.45, 2.75) is 39.2 Å². The van der Waals surface area contributed by atoms with Crippen molar-refractivity contribution in [3.05, 3.63) is 46.2 Å². The molecule has 4 rings (SSSR count). The summed E-state index contributed by atoms with van der Waals surface area (Å²) < 4.78 is 38.0. The topological polar surface area (TPSA) is 108 Å². The van der Waals surface area contributed by atoms with Gasteiger partial charge in [-0.2, -0.15) is 0 Å². The lowest BCUT2D eigenvalue weighted by Crippen LogP contribution is -2.47.